The fourth-order valence-electron chi connectivity index (χ4n) is 3.63. The van der Waals surface area contributed by atoms with E-state index in [0.717, 1.165) is 32.2 Å². The molecule has 0 aliphatic heterocycles. The number of anilines is 2. The van der Waals surface area contributed by atoms with Gasteiger partial charge in [0.2, 0.25) is 0 Å². The minimum atomic E-state index is -1.08. The van der Waals surface area contributed by atoms with Crippen LogP contribution in [-0.4, -0.2) is 35.1 Å². The number of amides is 1. The van der Waals surface area contributed by atoms with E-state index >= 15 is 0 Å². The van der Waals surface area contributed by atoms with Crippen molar-refractivity contribution in [1.82, 2.24) is 10.3 Å². The summed E-state index contributed by atoms with van der Waals surface area (Å²) in [5, 5.41) is 16.7. The SMILES string of the molecule is COc1cc(-c2ccc(Nc3nc4cccc(Cl)c4s3)cc2)ccc1C(=O)N[C@H](C(=O)O)C(C)C. The number of nitrogens with zero attached hydrogens (tertiary/aromatic N) is 1. The lowest BCUT2D eigenvalue weighted by Crippen LogP contribution is -2.44. The zero-order valence-corrected chi connectivity index (χ0v) is 20.9. The first-order valence-electron chi connectivity index (χ1n) is 10.9. The lowest BCUT2D eigenvalue weighted by atomic mass is 10.0. The van der Waals surface area contributed by atoms with Gasteiger partial charge in [-0.2, -0.15) is 0 Å². The van der Waals surface area contributed by atoms with Crippen LogP contribution in [0, 0.1) is 5.92 Å². The first-order valence-corrected chi connectivity index (χ1v) is 12.1. The minimum absolute atomic E-state index is 0.256. The van der Waals surface area contributed by atoms with Crippen molar-refractivity contribution in [3.8, 4) is 16.9 Å². The molecule has 0 unspecified atom stereocenters. The number of carboxylic acids is 1. The van der Waals surface area contributed by atoms with Crippen molar-refractivity contribution in [2.24, 2.45) is 5.92 Å². The molecule has 4 rings (SSSR count). The van der Waals surface area contributed by atoms with Gasteiger partial charge >= 0.3 is 5.97 Å². The predicted molar refractivity (Wildman–Crippen MR) is 140 cm³/mol. The number of benzene rings is 3. The number of rotatable bonds is 8. The maximum Gasteiger partial charge on any atom is 0.326 e. The standard InChI is InChI=1S/C26H24ClN3O4S/c1-14(2)22(25(32)33)30-24(31)18-12-9-16(13-21(18)34-3)15-7-10-17(11-8-15)28-26-29-20-6-4-5-19(27)23(20)35-26/h4-14,22H,1-3H3,(H,28,29)(H,30,31)(H,32,33)/t22-/m0/s1. The van der Waals surface area contributed by atoms with E-state index in [9.17, 15) is 14.7 Å². The Morgan fingerprint density at radius 2 is 1.77 bits per heavy atom. The summed E-state index contributed by atoms with van der Waals surface area (Å²) in [4.78, 5) is 28.7. The Labute approximate surface area is 211 Å². The van der Waals surface area contributed by atoms with Crippen molar-refractivity contribution in [1.29, 1.82) is 0 Å². The third-order valence-corrected chi connectivity index (χ3v) is 6.95. The Kier molecular flexibility index (Phi) is 7.23. The average Bonchev–Trinajstić information content (AvgIpc) is 3.26. The summed E-state index contributed by atoms with van der Waals surface area (Å²) in [5.74, 6) is -1.47. The molecule has 35 heavy (non-hydrogen) atoms. The van der Waals surface area contributed by atoms with Gasteiger partial charge in [-0.15, -0.1) is 0 Å². The van der Waals surface area contributed by atoms with E-state index in [1.165, 1.54) is 18.4 Å². The molecule has 3 N–H and O–H groups in total. The first kappa shape index (κ1) is 24.5. The summed E-state index contributed by atoms with van der Waals surface area (Å²) in [6.45, 7) is 3.48. The van der Waals surface area contributed by atoms with Crippen molar-refractivity contribution in [3.63, 3.8) is 0 Å². The number of carbonyl (C=O) groups is 2. The van der Waals surface area contributed by atoms with Gasteiger partial charge < -0.3 is 20.5 Å². The lowest BCUT2D eigenvalue weighted by molar-refractivity contribution is -0.140. The van der Waals surface area contributed by atoms with E-state index in [-0.39, 0.29) is 11.5 Å². The third-order valence-electron chi connectivity index (χ3n) is 5.50. The van der Waals surface area contributed by atoms with Crippen LogP contribution in [0.1, 0.15) is 24.2 Å². The average molecular weight is 510 g/mol. The fraction of sp³-hybridized carbons (Fsp3) is 0.192. The van der Waals surface area contributed by atoms with Gasteiger partial charge in [-0.1, -0.05) is 61.1 Å². The van der Waals surface area contributed by atoms with E-state index < -0.39 is 17.9 Å². The van der Waals surface area contributed by atoms with Crippen LogP contribution in [0.25, 0.3) is 21.3 Å². The van der Waals surface area contributed by atoms with E-state index in [1.54, 1.807) is 32.0 Å². The summed E-state index contributed by atoms with van der Waals surface area (Å²) >= 11 is 7.74. The molecule has 180 valence electrons. The molecule has 0 aliphatic rings. The molecule has 0 aliphatic carbocycles. The molecule has 0 saturated heterocycles. The number of aromatic nitrogens is 1. The van der Waals surface area contributed by atoms with Crippen LogP contribution < -0.4 is 15.4 Å². The molecule has 0 radical (unpaired) electrons. The molecule has 1 aromatic heterocycles. The number of carbonyl (C=O) groups excluding carboxylic acids is 1. The number of hydrogen-bond donors (Lipinski definition) is 3. The number of carboxylic acid groups (broad SMARTS) is 1. The molecule has 9 heteroatoms. The highest BCUT2D eigenvalue weighted by Crippen LogP contribution is 2.34. The van der Waals surface area contributed by atoms with E-state index in [1.807, 2.05) is 42.5 Å². The number of nitrogens with one attached hydrogen (secondary N) is 2. The second-order valence-electron chi connectivity index (χ2n) is 8.26. The van der Waals surface area contributed by atoms with Crippen LogP contribution in [0.3, 0.4) is 0 Å². The van der Waals surface area contributed by atoms with Crippen LogP contribution in [0.2, 0.25) is 5.02 Å². The van der Waals surface area contributed by atoms with Crippen LogP contribution >= 0.6 is 22.9 Å². The van der Waals surface area contributed by atoms with Gasteiger partial charge in [0.05, 0.1) is 27.9 Å². The summed E-state index contributed by atoms with van der Waals surface area (Å²) in [7, 11) is 1.48. The summed E-state index contributed by atoms with van der Waals surface area (Å²) in [5.41, 5.74) is 3.78. The highest BCUT2D eigenvalue weighted by Gasteiger charge is 2.25. The Morgan fingerprint density at radius 3 is 2.40 bits per heavy atom. The van der Waals surface area contributed by atoms with Crippen LogP contribution in [0.15, 0.2) is 60.7 Å². The topological polar surface area (TPSA) is 101 Å². The highest BCUT2D eigenvalue weighted by atomic mass is 35.5. The normalized spacial score (nSPS) is 11.9. The predicted octanol–water partition coefficient (Wildman–Crippen LogP) is 6.21. The molecule has 0 bridgehead atoms. The number of aliphatic carboxylic acids is 1. The Balaban J connectivity index is 1.52. The second-order valence-corrected chi connectivity index (χ2v) is 9.66. The van der Waals surface area contributed by atoms with Crippen molar-refractivity contribution < 1.29 is 19.4 Å². The Morgan fingerprint density at radius 1 is 1.06 bits per heavy atom. The number of ether oxygens (including phenoxy) is 1. The summed E-state index contributed by atoms with van der Waals surface area (Å²) in [6, 6.07) is 17.7. The Hall–Kier alpha value is -3.62. The largest absolute Gasteiger partial charge is 0.496 e. The second kappa shape index (κ2) is 10.3. The summed E-state index contributed by atoms with van der Waals surface area (Å²) < 4.78 is 6.37. The molecule has 7 nitrogen and oxygen atoms in total. The van der Waals surface area contributed by atoms with Gasteiger partial charge in [0, 0.05) is 5.69 Å². The molecule has 4 aromatic rings. The Bertz CT molecular complexity index is 1390. The zero-order valence-electron chi connectivity index (χ0n) is 19.3. The maximum absolute atomic E-state index is 12.7. The van der Waals surface area contributed by atoms with Gasteiger partial charge in [-0.25, -0.2) is 9.78 Å². The van der Waals surface area contributed by atoms with Crippen LogP contribution in [0.5, 0.6) is 5.75 Å². The number of fused-ring (bicyclic) bond motifs is 1. The van der Waals surface area contributed by atoms with Gasteiger partial charge in [0.1, 0.15) is 11.8 Å². The van der Waals surface area contributed by atoms with Crippen molar-refractivity contribution >= 4 is 55.8 Å². The van der Waals surface area contributed by atoms with E-state index in [4.69, 9.17) is 16.3 Å². The molecule has 0 fully saturated rings. The molecule has 3 aromatic carbocycles. The zero-order chi connectivity index (χ0) is 25.1. The number of hydrogen-bond acceptors (Lipinski definition) is 6. The van der Waals surface area contributed by atoms with E-state index in [2.05, 4.69) is 15.6 Å². The van der Waals surface area contributed by atoms with Crippen molar-refractivity contribution in [2.75, 3.05) is 12.4 Å². The molecule has 0 spiro atoms. The summed E-state index contributed by atoms with van der Waals surface area (Å²) in [6.07, 6.45) is 0. The van der Waals surface area contributed by atoms with Gasteiger partial charge in [-0.05, 0) is 53.4 Å². The highest BCUT2D eigenvalue weighted by molar-refractivity contribution is 7.22. The number of thiazole rings is 1. The lowest BCUT2D eigenvalue weighted by Gasteiger charge is -2.19. The molecular formula is C26H24ClN3O4S. The monoisotopic (exact) mass is 509 g/mol. The quantitative estimate of drug-likeness (QED) is 0.261. The maximum atomic E-state index is 12.7. The molecular weight excluding hydrogens is 486 g/mol. The van der Waals surface area contributed by atoms with Gasteiger partial charge in [-0.3, -0.25) is 4.79 Å². The number of halogens is 1. The third kappa shape index (κ3) is 5.39. The minimum Gasteiger partial charge on any atom is -0.496 e. The van der Waals surface area contributed by atoms with E-state index in [0.29, 0.717) is 10.8 Å². The molecule has 1 amide bonds. The molecule has 0 saturated carbocycles. The van der Waals surface area contributed by atoms with Gasteiger partial charge in [0.15, 0.2) is 5.13 Å². The molecule has 1 heterocycles. The smallest absolute Gasteiger partial charge is 0.326 e. The van der Waals surface area contributed by atoms with Crippen LogP contribution in [0.4, 0.5) is 10.8 Å². The van der Waals surface area contributed by atoms with Crippen LogP contribution in [-0.2, 0) is 4.79 Å². The van der Waals surface area contributed by atoms with Crippen molar-refractivity contribution in [3.05, 3.63) is 71.2 Å². The van der Waals surface area contributed by atoms with Gasteiger partial charge in [0.25, 0.3) is 5.91 Å². The number of methoxy groups -OCH3 is 1. The fourth-order valence-corrected chi connectivity index (χ4v) is 4.80. The first-order chi connectivity index (χ1) is 16.8. The molecule has 1 atom stereocenters. The van der Waals surface area contributed by atoms with Crippen molar-refractivity contribution in [2.45, 2.75) is 19.9 Å².